The molecule has 0 spiro atoms. The van der Waals surface area contributed by atoms with E-state index in [2.05, 4.69) is 48.1 Å². The van der Waals surface area contributed by atoms with Crippen LogP contribution in [0.5, 0.6) is 0 Å². The summed E-state index contributed by atoms with van der Waals surface area (Å²) in [4.78, 5) is 42.2. The third kappa shape index (κ3) is 6.92. The van der Waals surface area contributed by atoms with Crippen LogP contribution in [-0.4, -0.2) is 46.1 Å². The van der Waals surface area contributed by atoms with E-state index in [4.69, 9.17) is 42.6 Å². The first-order valence-corrected chi connectivity index (χ1v) is 17.8. The van der Waals surface area contributed by atoms with Crippen LogP contribution in [-0.2, 0) is 44.7 Å². The number of esters is 2. The lowest BCUT2D eigenvalue weighted by Gasteiger charge is -2.09. The first-order valence-electron chi connectivity index (χ1n) is 17.0. The van der Waals surface area contributed by atoms with Gasteiger partial charge < -0.3 is 19.4 Å². The Balaban J connectivity index is 1.57. The minimum absolute atomic E-state index is 0.0866. The first kappa shape index (κ1) is 35.0. The van der Waals surface area contributed by atoms with E-state index in [1.807, 2.05) is 48.6 Å². The number of methoxy groups -OCH3 is 2. The van der Waals surface area contributed by atoms with Crippen molar-refractivity contribution in [2.75, 3.05) is 14.2 Å². The summed E-state index contributed by atoms with van der Waals surface area (Å²) >= 11 is 13.3. The Morgan fingerprint density at radius 3 is 1.40 bits per heavy atom. The van der Waals surface area contributed by atoms with E-state index in [9.17, 15) is 9.59 Å². The van der Waals surface area contributed by atoms with E-state index < -0.39 is 0 Å². The van der Waals surface area contributed by atoms with Crippen LogP contribution in [0.4, 0.5) is 0 Å². The predicted molar refractivity (Wildman–Crippen MR) is 210 cm³/mol. The molecule has 262 valence electrons. The van der Waals surface area contributed by atoms with Crippen molar-refractivity contribution < 1.29 is 19.1 Å². The summed E-state index contributed by atoms with van der Waals surface area (Å²) in [5, 5.41) is 1.01. The molecule has 0 saturated carbocycles. The van der Waals surface area contributed by atoms with Gasteiger partial charge in [0, 0.05) is 54.4 Å². The molecule has 5 heterocycles. The smallest absolute Gasteiger partial charge is 0.309 e. The highest BCUT2D eigenvalue weighted by atomic mass is 35.5. The van der Waals surface area contributed by atoms with Gasteiger partial charge in [-0.05, 0) is 108 Å². The SMILES string of the molecule is CCc1c2nc(c(-c3cc(Cl)cc(CC(=O)OC)c3)c3nc(c(CC)c4ccc([nH]4)c(-c4cc(Cl)cc(CC(=O)OC)c4)c4ccc1[nH]4)C=C3)C=C2. The molecule has 52 heavy (non-hydrogen) atoms. The van der Waals surface area contributed by atoms with Gasteiger partial charge in [-0.2, -0.15) is 0 Å². The summed E-state index contributed by atoms with van der Waals surface area (Å²) in [5.41, 5.74) is 13.6. The number of fused-ring (bicyclic) bond motifs is 8. The largest absolute Gasteiger partial charge is 0.469 e. The molecular formula is C42H36Cl2N4O4. The van der Waals surface area contributed by atoms with Gasteiger partial charge in [0.2, 0.25) is 0 Å². The number of benzene rings is 2. The predicted octanol–water partition coefficient (Wildman–Crippen LogP) is 9.85. The van der Waals surface area contributed by atoms with Crippen LogP contribution in [0.15, 0.2) is 60.7 Å². The summed E-state index contributed by atoms with van der Waals surface area (Å²) in [6, 6.07) is 19.5. The molecule has 0 fully saturated rings. The average molecular weight is 732 g/mol. The summed E-state index contributed by atoms with van der Waals surface area (Å²) < 4.78 is 9.89. The molecule has 10 heteroatoms. The molecule has 0 saturated heterocycles. The zero-order valence-corrected chi connectivity index (χ0v) is 30.7. The minimum atomic E-state index is -0.351. The molecule has 2 aromatic carbocycles. The second-order valence-electron chi connectivity index (χ2n) is 12.6. The van der Waals surface area contributed by atoms with Gasteiger partial charge in [0.1, 0.15) is 0 Å². The van der Waals surface area contributed by atoms with Crippen LogP contribution in [0, 0.1) is 0 Å². The number of aromatic amines is 2. The van der Waals surface area contributed by atoms with E-state index >= 15 is 0 Å². The lowest BCUT2D eigenvalue weighted by Crippen LogP contribution is -2.04. The van der Waals surface area contributed by atoms with Gasteiger partial charge in [-0.3, -0.25) is 9.59 Å². The fourth-order valence-electron chi connectivity index (χ4n) is 6.95. The van der Waals surface area contributed by atoms with Crippen molar-refractivity contribution in [3.63, 3.8) is 0 Å². The zero-order chi connectivity index (χ0) is 36.5. The van der Waals surface area contributed by atoms with Crippen molar-refractivity contribution in [3.8, 4) is 22.3 Å². The number of carbonyl (C=O) groups excluding carboxylic acids is 2. The maximum atomic E-state index is 12.2. The molecule has 0 atom stereocenters. The molecule has 7 rings (SSSR count). The van der Waals surface area contributed by atoms with Crippen molar-refractivity contribution in [1.29, 1.82) is 0 Å². The lowest BCUT2D eigenvalue weighted by atomic mass is 9.99. The number of aromatic nitrogens is 4. The number of hydrogen-bond acceptors (Lipinski definition) is 6. The molecule has 8 bridgehead atoms. The number of hydrogen-bond donors (Lipinski definition) is 2. The van der Waals surface area contributed by atoms with E-state index in [-0.39, 0.29) is 24.8 Å². The molecule has 8 nitrogen and oxygen atoms in total. The number of halogens is 2. The van der Waals surface area contributed by atoms with Crippen LogP contribution in [0.3, 0.4) is 0 Å². The van der Waals surface area contributed by atoms with Crippen LogP contribution in [0.2, 0.25) is 10.0 Å². The summed E-state index contributed by atoms with van der Waals surface area (Å²) in [6.45, 7) is 4.21. The van der Waals surface area contributed by atoms with Crippen molar-refractivity contribution in [2.24, 2.45) is 0 Å². The second kappa shape index (κ2) is 14.7. The number of H-pyrrole nitrogens is 2. The fraction of sp³-hybridized carbons (Fsp3) is 0.190. The standard InChI is InChI=1S/C42H36Cl2N4O4/c1-5-29-31-7-11-35(45-31)41(25-15-23(17-27(43)21-25)19-39(49)51-3)37-13-9-33(47-37)30(6-2)34-10-14-38(48-34)42(36-12-8-32(29)46-36)26-16-24(18-28(44)22-26)20-40(50)52-4/h7-18,21-22,45,47H,5-6,19-20H2,1-4H3. The van der Waals surface area contributed by atoms with E-state index in [1.165, 1.54) is 14.2 Å². The molecule has 0 unspecified atom stereocenters. The Kier molecular flexibility index (Phi) is 9.86. The summed E-state index contributed by atoms with van der Waals surface area (Å²) in [5.74, 6) is -0.693. The molecule has 2 aliphatic rings. The Hall–Kier alpha value is -5.44. The highest BCUT2D eigenvalue weighted by molar-refractivity contribution is 6.31. The highest BCUT2D eigenvalue weighted by Gasteiger charge is 2.19. The van der Waals surface area contributed by atoms with Crippen molar-refractivity contribution >= 4 is 81.5 Å². The van der Waals surface area contributed by atoms with Crippen LogP contribution >= 0.6 is 23.2 Å². The first-order chi connectivity index (χ1) is 25.2. The Morgan fingerprint density at radius 2 is 0.981 bits per heavy atom. The molecule has 2 aliphatic heterocycles. The minimum Gasteiger partial charge on any atom is -0.469 e. The number of aryl methyl sites for hydroxylation is 2. The van der Waals surface area contributed by atoms with Crippen LogP contribution in [0.25, 0.3) is 68.6 Å². The fourth-order valence-corrected chi connectivity index (χ4v) is 7.46. The molecule has 5 aromatic rings. The van der Waals surface area contributed by atoms with Gasteiger partial charge in [0.05, 0.1) is 49.8 Å². The van der Waals surface area contributed by atoms with Crippen LogP contribution < -0.4 is 0 Å². The summed E-state index contributed by atoms with van der Waals surface area (Å²) in [6.07, 6.45) is 9.67. The Morgan fingerprint density at radius 1 is 0.577 bits per heavy atom. The number of rotatable bonds is 8. The quantitative estimate of drug-likeness (QED) is 0.151. The van der Waals surface area contributed by atoms with Crippen molar-refractivity contribution in [2.45, 2.75) is 39.5 Å². The maximum Gasteiger partial charge on any atom is 0.309 e. The van der Waals surface area contributed by atoms with Gasteiger partial charge in [0.15, 0.2) is 0 Å². The third-order valence-electron chi connectivity index (χ3n) is 9.32. The zero-order valence-electron chi connectivity index (χ0n) is 29.2. The number of ether oxygens (including phenoxy) is 2. The monoisotopic (exact) mass is 730 g/mol. The molecule has 0 amide bonds. The number of nitrogens with one attached hydrogen (secondary N) is 2. The van der Waals surface area contributed by atoms with Crippen LogP contribution in [0.1, 0.15) is 58.9 Å². The second-order valence-corrected chi connectivity index (χ2v) is 13.5. The molecule has 0 radical (unpaired) electrons. The average Bonchev–Trinajstić information content (AvgIpc) is 3.95. The van der Waals surface area contributed by atoms with Gasteiger partial charge in [-0.15, -0.1) is 0 Å². The maximum absolute atomic E-state index is 12.2. The Labute approximate surface area is 311 Å². The molecule has 2 N–H and O–H groups in total. The topological polar surface area (TPSA) is 110 Å². The Bertz CT molecular complexity index is 2390. The third-order valence-corrected chi connectivity index (χ3v) is 9.76. The summed E-state index contributed by atoms with van der Waals surface area (Å²) in [7, 11) is 2.75. The van der Waals surface area contributed by atoms with Gasteiger partial charge in [-0.25, -0.2) is 9.97 Å². The molecule has 3 aromatic heterocycles. The highest BCUT2D eigenvalue weighted by Crippen LogP contribution is 2.36. The van der Waals surface area contributed by atoms with E-state index in [0.29, 0.717) is 22.9 Å². The van der Waals surface area contributed by atoms with E-state index in [1.54, 1.807) is 12.1 Å². The van der Waals surface area contributed by atoms with Crippen molar-refractivity contribution in [3.05, 3.63) is 116 Å². The molecular weight excluding hydrogens is 695 g/mol. The number of carbonyl (C=O) groups is 2. The van der Waals surface area contributed by atoms with Gasteiger partial charge in [-0.1, -0.05) is 49.2 Å². The van der Waals surface area contributed by atoms with Gasteiger partial charge >= 0.3 is 11.9 Å². The number of nitrogens with zero attached hydrogens (tertiary/aromatic N) is 2. The lowest BCUT2D eigenvalue weighted by molar-refractivity contribution is -0.140. The van der Waals surface area contributed by atoms with E-state index in [0.717, 1.165) is 89.4 Å². The van der Waals surface area contributed by atoms with Crippen molar-refractivity contribution in [1.82, 2.24) is 19.9 Å². The normalized spacial score (nSPS) is 12.0. The van der Waals surface area contributed by atoms with Gasteiger partial charge in [0.25, 0.3) is 0 Å². The molecule has 0 aliphatic carbocycles.